The molecular formula is C14H23NO4S. The summed E-state index contributed by atoms with van der Waals surface area (Å²) in [5.41, 5.74) is -0.837. The van der Waals surface area contributed by atoms with Gasteiger partial charge in [0.1, 0.15) is 0 Å². The molecule has 2 fully saturated rings. The summed E-state index contributed by atoms with van der Waals surface area (Å²) in [4.78, 5) is 23.4. The molecule has 0 saturated carbocycles. The summed E-state index contributed by atoms with van der Waals surface area (Å²) >= 11 is 1.94. The van der Waals surface area contributed by atoms with Crippen molar-refractivity contribution < 1.29 is 19.4 Å². The van der Waals surface area contributed by atoms with Crippen molar-refractivity contribution in [2.75, 3.05) is 31.3 Å². The molecule has 0 atom stereocenters. The number of hydrogen-bond donors (Lipinski definition) is 2. The minimum Gasteiger partial charge on any atom is -0.481 e. The third kappa shape index (κ3) is 4.12. The molecule has 2 heterocycles. The highest BCUT2D eigenvalue weighted by atomic mass is 32.2. The fraction of sp³-hybridized carbons (Fsp3) is 0.857. The molecule has 2 saturated heterocycles. The molecule has 0 unspecified atom stereocenters. The van der Waals surface area contributed by atoms with E-state index in [1.54, 1.807) is 0 Å². The van der Waals surface area contributed by atoms with Crippen LogP contribution in [0.4, 0.5) is 0 Å². The van der Waals surface area contributed by atoms with E-state index in [0.717, 1.165) is 24.3 Å². The third-order valence-electron chi connectivity index (χ3n) is 4.34. The topological polar surface area (TPSA) is 75.6 Å². The van der Waals surface area contributed by atoms with Gasteiger partial charge in [-0.2, -0.15) is 11.8 Å². The van der Waals surface area contributed by atoms with Crippen LogP contribution in [0.3, 0.4) is 0 Å². The predicted octanol–water partition coefficient (Wildman–Crippen LogP) is 1.52. The van der Waals surface area contributed by atoms with Crippen molar-refractivity contribution in [1.82, 2.24) is 5.32 Å². The summed E-state index contributed by atoms with van der Waals surface area (Å²) < 4.78 is 5.22. The van der Waals surface area contributed by atoms with Crippen molar-refractivity contribution in [1.29, 1.82) is 0 Å². The monoisotopic (exact) mass is 301 g/mol. The van der Waals surface area contributed by atoms with E-state index in [1.165, 1.54) is 0 Å². The van der Waals surface area contributed by atoms with E-state index in [9.17, 15) is 14.7 Å². The Labute approximate surface area is 123 Å². The Kier molecular flexibility index (Phi) is 5.72. The van der Waals surface area contributed by atoms with Crippen LogP contribution in [0, 0.1) is 11.3 Å². The van der Waals surface area contributed by atoms with Crippen LogP contribution in [0.25, 0.3) is 0 Å². The Morgan fingerprint density at radius 3 is 2.50 bits per heavy atom. The van der Waals surface area contributed by atoms with Gasteiger partial charge in [0.15, 0.2) is 0 Å². The summed E-state index contributed by atoms with van der Waals surface area (Å²) in [6.45, 7) is 1.15. The Hall–Kier alpha value is -0.750. The molecule has 0 radical (unpaired) electrons. The van der Waals surface area contributed by atoms with Crippen LogP contribution in [-0.2, 0) is 14.3 Å². The third-order valence-corrected chi connectivity index (χ3v) is 5.39. The molecule has 2 N–H and O–H groups in total. The second kappa shape index (κ2) is 7.31. The summed E-state index contributed by atoms with van der Waals surface area (Å²) in [7, 11) is 0. The molecule has 0 bridgehead atoms. The largest absolute Gasteiger partial charge is 0.481 e. The number of ether oxygens (including phenoxy) is 1. The van der Waals surface area contributed by atoms with E-state index < -0.39 is 11.4 Å². The molecule has 0 aromatic heterocycles. The van der Waals surface area contributed by atoms with Crippen molar-refractivity contribution in [2.24, 2.45) is 11.3 Å². The van der Waals surface area contributed by atoms with Gasteiger partial charge >= 0.3 is 5.97 Å². The number of nitrogens with one attached hydrogen (secondary N) is 1. The summed E-state index contributed by atoms with van der Waals surface area (Å²) in [5.74, 6) is 1.90. The first-order valence-electron chi connectivity index (χ1n) is 7.28. The van der Waals surface area contributed by atoms with Gasteiger partial charge in [0.05, 0.1) is 5.41 Å². The zero-order chi connectivity index (χ0) is 14.4. The fourth-order valence-corrected chi connectivity index (χ4v) is 3.99. The zero-order valence-corrected chi connectivity index (χ0v) is 12.5. The lowest BCUT2D eigenvalue weighted by molar-refractivity contribution is -0.154. The van der Waals surface area contributed by atoms with Crippen LogP contribution in [0.2, 0.25) is 0 Å². The second-order valence-corrected chi connectivity index (χ2v) is 6.96. The second-order valence-electron chi connectivity index (χ2n) is 5.73. The average molecular weight is 301 g/mol. The molecule has 1 amide bonds. The van der Waals surface area contributed by atoms with Crippen LogP contribution in [0.15, 0.2) is 0 Å². The van der Waals surface area contributed by atoms with Gasteiger partial charge in [-0.05, 0) is 43.1 Å². The Balaban J connectivity index is 1.79. The molecule has 6 heteroatoms. The van der Waals surface area contributed by atoms with Crippen molar-refractivity contribution >= 4 is 23.6 Å². The number of rotatable bonds is 5. The van der Waals surface area contributed by atoms with Crippen molar-refractivity contribution in [3.63, 3.8) is 0 Å². The Morgan fingerprint density at radius 2 is 1.90 bits per heavy atom. The lowest BCUT2D eigenvalue weighted by Crippen LogP contribution is -2.46. The molecule has 0 aromatic rings. The van der Waals surface area contributed by atoms with Crippen LogP contribution in [0.1, 0.15) is 32.1 Å². The molecule has 20 heavy (non-hydrogen) atoms. The molecule has 5 nitrogen and oxygen atoms in total. The van der Waals surface area contributed by atoms with Gasteiger partial charge in [0, 0.05) is 26.2 Å². The quantitative estimate of drug-likeness (QED) is 0.805. The molecule has 2 aliphatic heterocycles. The summed E-state index contributed by atoms with van der Waals surface area (Å²) in [5, 5.41) is 12.3. The Morgan fingerprint density at radius 1 is 1.25 bits per heavy atom. The van der Waals surface area contributed by atoms with Gasteiger partial charge in [-0.1, -0.05) is 0 Å². The van der Waals surface area contributed by atoms with E-state index in [2.05, 4.69) is 5.32 Å². The predicted molar refractivity (Wildman–Crippen MR) is 77.8 cm³/mol. The molecular weight excluding hydrogens is 278 g/mol. The van der Waals surface area contributed by atoms with E-state index in [4.69, 9.17) is 4.74 Å². The van der Waals surface area contributed by atoms with Gasteiger partial charge in [-0.15, -0.1) is 0 Å². The smallest absolute Gasteiger partial charge is 0.311 e. The minimum atomic E-state index is -0.837. The minimum absolute atomic E-state index is 0.00554. The SMILES string of the molecule is O=C(CC1CCSCC1)NCC1(C(=O)O)CCOCC1. The van der Waals surface area contributed by atoms with Crippen LogP contribution >= 0.6 is 11.8 Å². The standard InChI is InChI=1S/C14H23NO4S/c16-12(9-11-1-7-20-8-2-11)15-10-14(13(17)18)3-5-19-6-4-14/h11H,1-10H2,(H,15,16)(H,17,18). The van der Waals surface area contributed by atoms with E-state index in [0.29, 0.717) is 38.4 Å². The average Bonchev–Trinajstić information content (AvgIpc) is 2.47. The number of hydrogen-bond acceptors (Lipinski definition) is 4. The maximum absolute atomic E-state index is 12.0. The highest BCUT2D eigenvalue weighted by molar-refractivity contribution is 7.99. The maximum atomic E-state index is 12.0. The summed E-state index contributed by atoms with van der Waals surface area (Å²) in [6, 6.07) is 0. The van der Waals surface area contributed by atoms with Crippen molar-refractivity contribution in [2.45, 2.75) is 32.1 Å². The number of carbonyl (C=O) groups is 2. The molecule has 114 valence electrons. The maximum Gasteiger partial charge on any atom is 0.311 e. The number of thioether (sulfide) groups is 1. The number of carbonyl (C=O) groups excluding carboxylic acids is 1. The van der Waals surface area contributed by atoms with Crippen LogP contribution in [0.5, 0.6) is 0 Å². The van der Waals surface area contributed by atoms with Crippen LogP contribution in [-0.4, -0.2) is 48.2 Å². The molecule has 0 aliphatic carbocycles. The molecule has 0 aromatic carbocycles. The molecule has 2 rings (SSSR count). The summed E-state index contributed by atoms with van der Waals surface area (Å²) in [6.07, 6.45) is 3.67. The number of carboxylic acid groups (broad SMARTS) is 1. The van der Waals surface area contributed by atoms with E-state index in [1.807, 2.05) is 11.8 Å². The first-order chi connectivity index (χ1) is 9.62. The van der Waals surface area contributed by atoms with Gasteiger partial charge in [-0.3, -0.25) is 9.59 Å². The number of aliphatic carboxylic acids is 1. The first kappa shape index (κ1) is 15.6. The van der Waals surface area contributed by atoms with Crippen molar-refractivity contribution in [3.8, 4) is 0 Å². The molecule has 2 aliphatic rings. The van der Waals surface area contributed by atoms with Gasteiger partial charge in [0.2, 0.25) is 5.91 Å². The molecule has 0 spiro atoms. The lowest BCUT2D eigenvalue weighted by Gasteiger charge is -2.33. The highest BCUT2D eigenvalue weighted by Gasteiger charge is 2.40. The van der Waals surface area contributed by atoms with Gasteiger partial charge in [0.25, 0.3) is 0 Å². The lowest BCUT2D eigenvalue weighted by atomic mass is 9.80. The van der Waals surface area contributed by atoms with E-state index in [-0.39, 0.29) is 12.5 Å². The van der Waals surface area contributed by atoms with Gasteiger partial charge < -0.3 is 15.2 Å². The van der Waals surface area contributed by atoms with Crippen LogP contribution < -0.4 is 5.32 Å². The normalized spacial score (nSPS) is 23.2. The van der Waals surface area contributed by atoms with E-state index >= 15 is 0 Å². The first-order valence-corrected chi connectivity index (χ1v) is 8.43. The Bertz CT molecular complexity index is 349. The zero-order valence-electron chi connectivity index (χ0n) is 11.7. The highest BCUT2D eigenvalue weighted by Crippen LogP contribution is 2.30. The fourth-order valence-electron chi connectivity index (χ4n) is 2.78. The number of carboxylic acids is 1. The van der Waals surface area contributed by atoms with Crippen molar-refractivity contribution in [3.05, 3.63) is 0 Å². The number of amides is 1. The van der Waals surface area contributed by atoms with Gasteiger partial charge in [-0.25, -0.2) is 0 Å².